The van der Waals surface area contributed by atoms with E-state index in [1.54, 1.807) is 0 Å². The lowest BCUT2D eigenvalue weighted by atomic mass is 10.3. The van der Waals surface area contributed by atoms with Crippen molar-refractivity contribution in [3.05, 3.63) is 58.3 Å². The molecule has 1 aromatic carbocycles. The summed E-state index contributed by atoms with van der Waals surface area (Å²) in [5.74, 6) is 1.20. The maximum absolute atomic E-state index is 11.3. The zero-order valence-corrected chi connectivity index (χ0v) is 9.22. The van der Waals surface area contributed by atoms with Crippen LogP contribution in [0.3, 0.4) is 0 Å². The van der Waals surface area contributed by atoms with Gasteiger partial charge in [0.2, 0.25) is 0 Å². The number of hydrogen-bond donors (Lipinski definition) is 2. The van der Waals surface area contributed by atoms with Crippen LogP contribution in [0.4, 0.5) is 0 Å². The molecule has 0 atom stereocenters. The summed E-state index contributed by atoms with van der Waals surface area (Å²) in [6.45, 7) is 0.454. The van der Waals surface area contributed by atoms with Crippen molar-refractivity contribution in [3.8, 4) is 5.75 Å². The van der Waals surface area contributed by atoms with E-state index in [4.69, 9.17) is 10.5 Å². The monoisotopic (exact) mass is 231 g/mol. The van der Waals surface area contributed by atoms with Gasteiger partial charge >= 0.3 is 0 Å². The summed E-state index contributed by atoms with van der Waals surface area (Å²) in [4.78, 5) is 18.0. The van der Waals surface area contributed by atoms with E-state index in [9.17, 15) is 4.79 Å². The molecule has 5 heteroatoms. The molecule has 0 amide bonds. The molecule has 0 saturated carbocycles. The molecule has 0 bridgehead atoms. The molecule has 3 N–H and O–H groups in total. The molecule has 0 aliphatic heterocycles. The van der Waals surface area contributed by atoms with Crippen molar-refractivity contribution < 1.29 is 4.74 Å². The number of nitrogens with zero attached hydrogens (tertiary/aromatic N) is 1. The third-order valence-corrected chi connectivity index (χ3v) is 2.17. The summed E-state index contributed by atoms with van der Waals surface area (Å²) in [5.41, 5.74) is 5.78. The number of aromatic nitrogens is 2. The van der Waals surface area contributed by atoms with Crippen LogP contribution in [-0.2, 0) is 13.2 Å². The highest BCUT2D eigenvalue weighted by molar-refractivity contribution is 5.21. The first-order valence-corrected chi connectivity index (χ1v) is 5.25. The molecular weight excluding hydrogens is 218 g/mol. The highest BCUT2D eigenvalue weighted by Gasteiger charge is 2.01. The second-order valence-electron chi connectivity index (χ2n) is 3.49. The zero-order valence-electron chi connectivity index (χ0n) is 9.22. The summed E-state index contributed by atoms with van der Waals surface area (Å²) in [7, 11) is 0. The molecule has 1 aromatic heterocycles. The molecule has 0 spiro atoms. The SMILES string of the molecule is NCc1cc(=O)[nH]c(COc2ccccc2)n1. The number of aromatic amines is 1. The summed E-state index contributed by atoms with van der Waals surface area (Å²) in [6.07, 6.45) is 0. The molecule has 0 aliphatic rings. The highest BCUT2D eigenvalue weighted by Crippen LogP contribution is 2.09. The number of ether oxygens (including phenoxy) is 1. The van der Waals surface area contributed by atoms with E-state index < -0.39 is 0 Å². The van der Waals surface area contributed by atoms with Crippen LogP contribution in [0.2, 0.25) is 0 Å². The molecule has 17 heavy (non-hydrogen) atoms. The van der Waals surface area contributed by atoms with E-state index in [2.05, 4.69) is 9.97 Å². The van der Waals surface area contributed by atoms with Gasteiger partial charge in [0.05, 0.1) is 5.69 Å². The van der Waals surface area contributed by atoms with Crippen molar-refractivity contribution in [1.82, 2.24) is 9.97 Å². The first kappa shape index (κ1) is 11.3. The number of rotatable bonds is 4. The van der Waals surface area contributed by atoms with E-state index in [1.807, 2.05) is 30.3 Å². The van der Waals surface area contributed by atoms with Crippen LogP contribution in [0.5, 0.6) is 5.75 Å². The Morgan fingerprint density at radius 1 is 1.29 bits per heavy atom. The molecule has 0 saturated heterocycles. The van der Waals surface area contributed by atoms with E-state index >= 15 is 0 Å². The Labute approximate surface area is 98.3 Å². The normalized spacial score (nSPS) is 10.2. The minimum absolute atomic E-state index is 0.215. The molecule has 0 radical (unpaired) electrons. The van der Waals surface area contributed by atoms with Gasteiger partial charge in [0.15, 0.2) is 0 Å². The van der Waals surface area contributed by atoms with E-state index in [1.165, 1.54) is 6.07 Å². The third kappa shape index (κ3) is 3.15. The van der Waals surface area contributed by atoms with Crippen LogP contribution in [0.25, 0.3) is 0 Å². The summed E-state index contributed by atoms with van der Waals surface area (Å²) in [5, 5.41) is 0. The van der Waals surface area contributed by atoms with Crippen molar-refractivity contribution in [1.29, 1.82) is 0 Å². The molecule has 0 fully saturated rings. The smallest absolute Gasteiger partial charge is 0.251 e. The van der Waals surface area contributed by atoms with E-state index in [0.29, 0.717) is 11.5 Å². The summed E-state index contributed by atoms with van der Waals surface area (Å²) in [6, 6.07) is 10.7. The topological polar surface area (TPSA) is 81.0 Å². The summed E-state index contributed by atoms with van der Waals surface area (Å²) < 4.78 is 5.47. The van der Waals surface area contributed by atoms with Crippen LogP contribution < -0.4 is 16.0 Å². The lowest BCUT2D eigenvalue weighted by molar-refractivity contribution is 0.295. The second-order valence-corrected chi connectivity index (χ2v) is 3.49. The molecule has 2 aromatic rings. The number of nitrogens with two attached hydrogens (primary N) is 1. The fourth-order valence-corrected chi connectivity index (χ4v) is 1.40. The van der Waals surface area contributed by atoms with E-state index in [-0.39, 0.29) is 18.7 Å². The van der Waals surface area contributed by atoms with Gasteiger partial charge in [-0.3, -0.25) is 4.79 Å². The molecule has 1 heterocycles. The molecule has 88 valence electrons. The lowest BCUT2D eigenvalue weighted by Crippen LogP contribution is -2.16. The number of H-pyrrole nitrogens is 1. The molecule has 5 nitrogen and oxygen atoms in total. The standard InChI is InChI=1S/C12H13N3O2/c13-7-9-6-12(16)15-11(14-9)8-17-10-4-2-1-3-5-10/h1-6H,7-8,13H2,(H,14,15,16). The van der Waals surface area contributed by atoms with Gasteiger partial charge in [-0.05, 0) is 12.1 Å². The predicted octanol–water partition coefficient (Wildman–Crippen LogP) is 0.808. The highest BCUT2D eigenvalue weighted by atomic mass is 16.5. The van der Waals surface area contributed by atoms with Gasteiger partial charge in [-0.1, -0.05) is 18.2 Å². The van der Waals surface area contributed by atoms with Crippen LogP contribution in [0.1, 0.15) is 11.5 Å². The van der Waals surface area contributed by atoms with Gasteiger partial charge in [0, 0.05) is 12.6 Å². The van der Waals surface area contributed by atoms with E-state index in [0.717, 1.165) is 5.75 Å². The van der Waals surface area contributed by atoms with Crippen LogP contribution >= 0.6 is 0 Å². The van der Waals surface area contributed by atoms with Gasteiger partial charge in [-0.2, -0.15) is 0 Å². The average Bonchev–Trinajstić information content (AvgIpc) is 2.37. The van der Waals surface area contributed by atoms with Crippen LogP contribution in [0, 0.1) is 0 Å². The Kier molecular flexibility index (Phi) is 3.52. The Balaban J connectivity index is 2.09. The molecule has 2 rings (SSSR count). The number of benzene rings is 1. The Hall–Kier alpha value is -2.14. The largest absolute Gasteiger partial charge is 0.486 e. The number of nitrogens with one attached hydrogen (secondary N) is 1. The second kappa shape index (κ2) is 5.27. The van der Waals surface area contributed by atoms with Crippen molar-refractivity contribution in [2.24, 2.45) is 5.73 Å². The molecule has 0 aliphatic carbocycles. The number of para-hydroxylation sites is 1. The maximum Gasteiger partial charge on any atom is 0.251 e. The van der Waals surface area contributed by atoms with Crippen molar-refractivity contribution in [2.45, 2.75) is 13.2 Å². The fraction of sp³-hybridized carbons (Fsp3) is 0.167. The minimum Gasteiger partial charge on any atom is -0.486 e. The van der Waals surface area contributed by atoms with Gasteiger partial charge < -0.3 is 15.5 Å². The van der Waals surface area contributed by atoms with Crippen molar-refractivity contribution in [3.63, 3.8) is 0 Å². The third-order valence-electron chi connectivity index (χ3n) is 2.17. The predicted molar refractivity (Wildman–Crippen MR) is 63.5 cm³/mol. The van der Waals surface area contributed by atoms with Crippen LogP contribution in [0.15, 0.2) is 41.2 Å². The van der Waals surface area contributed by atoms with Gasteiger partial charge in [0.25, 0.3) is 5.56 Å². The quantitative estimate of drug-likeness (QED) is 0.815. The van der Waals surface area contributed by atoms with Crippen LogP contribution in [-0.4, -0.2) is 9.97 Å². The lowest BCUT2D eigenvalue weighted by Gasteiger charge is -2.05. The molecule has 0 unspecified atom stereocenters. The summed E-state index contributed by atoms with van der Waals surface area (Å²) >= 11 is 0. The number of hydrogen-bond acceptors (Lipinski definition) is 4. The van der Waals surface area contributed by atoms with Gasteiger partial charge in [0.1, 0.15) is 18.2 Å². The average molecular weight is 231 g/mol. The Bertz CT molecular complexity index is 537. The van der Waals surface area contributed by atoms with Crippen molar-refractivity contribution >= 4 is 0 Å². The van der Waals surface area contributed by atoms with Gasteiger partial charge in [-0.15, -0.1) is 0 Å². The Morgan fingerprint density at radius 3 is 2.76 bits per heavy atom. The zero-order chi connectivity index (χ0) is 12.1. The Morgan fingerprint density at radius 2 is 2.06 bits per heavy atom. The van der Waals surface area contributed by atoms with Crippen molar-refractivity contribution in [2.75, 3.05) is 0 Å². The first-order valence-electron chi connectivity index (χ1n) is 5.25. The van der Waals surface area contributed by atoms with Gasteiger partial charge in [-0.25, -0.2) is 4.98 Å². The maximum atomic E-state index is 11.3. The molecular formula is C12H13N3O2. The fourth-order valence-electron chi connectivity index (χ4n) is 1.40. The first-order chi connectivity index (χ1) is 8.28. The minimum atomic E-state index is -0.216.